The van der Waals surface area contributed by atoms with Gasteiger partial charge in [-0.1, -0.05) is 154 Å². The summed E-state index contributed by atoms with van der Waals surface area (Å²) in [5.41, 5.74) is 0. The molecule has 0 rings (SSSR count). The van der Waals surface area contributed by atoms with Gasteiger partial charge in [-0.3, -0.25) is 4.79 Å². The van der Waals surface area contributed by atoms with Crippen LogP contribution < -0.4 is 0 Å². The summed E-state index contributed by atoms with van der Waals surface area (Å²) >= 11 is -2.41. The van der Waals surface area contributed by atoms with Crippen LogP contribution in [-0.2, 0) is 9.59 Å². The van der Waals surface area contributed by atoms with Crippen molar-refractivity contribution in [2.75, 3.05) is 0 Å². The quantitative estimate of drug-likeness (QED) is 0.0783. The minimum atomic E-state index is -2.41. The Bertz CT molecular complexity index is 474. The van der Waals surface area contributed by atoms with Crippen molar-refractivity contribution < 1.29 is 9.59 Å². The first-order chi connectivity index (χ1) is 15.7. The van der Waals surface area contributed by atoms with E-state index in [1.165, 1.54) is 103 Å². The minimum absolute atomic E-state index is 0.0591. The van der Waals surface area contributed by atoms with E-state index in [-0.39, 0.29) is 12.2 Å². The molecule has 0 atom stereocenters. The standard InChI is InChI=1S/C18H37.C4H5O2.2C4H9.Al/c1-3-5-7-9-11-13-15-17-18-16-14-12-10-8-6-4-2;1-4(6)2-3-5;2*1-4(2)3;/h1,3-18H2,2H3;2H2,1H3;2*4H,1H2,2-3H3;/q;;;;-1. The lowest BCUT2D eigenvalue weighted by molar-refractivity contribution is -0.122. The normalized spacial score (nSPS) is 12.1. The van der Waals surface area contributed by atoms with E-state index in [0.29, 0.717) is 16.5 Å². The van der Waals surface area contributed by atoms with Crippen LogP contribution >= 0.6 is 0 Å². The summed E-state index contributed by atoms with van der Waals surface area (Å²) in [4.78, 5) is 24.9. The molecule has 2 nitrogen and oxygen atoms in total. The van der Waals surface area contributed by atoms with Crippen LogP contribution in [0.25, 0.3) is 0 Å². The molecule has 0 heterocycles. The second-order valence-corrected chi connectivity index (χ2v) is 17.3. The fourth-order valence-corrected chi connectivity index (χ4v) is 13.0. The molecule has 0 aromatic carbocycles. The summed E-state index contributed by atoms with van der Waals surface area (Å²) in [6.07, 6.45) is 22.3. The van der Waals surface area contributed by atoms with Gasteiger partial charge in [-0.05, 0) is 6.92 Å². The van der Waals surface area contributed by atoms with Gasteiger partial charge in [0.05, 0.1) is 0 Å². The van der Waals surface area contributed by atoms with Crippen LogP contribution in [0.15, 0.2) is 0 Å². The van der Waals surface area contributed by atoms with E-state index in [4.69, 9.17) is 0 Å². The molecule has 0 amide bonds. The van der Waals surface area contributed by atoms with E-state index >= 15 is 0 Å². The third kappa shape index (κ3) is 18.8. The highest BCUT2D eigenvalue weighted by atomic mass is 27.2. The summed E-state index contributed by atoms with van der Waals surface area (Å²) in [7, 11) is 0. The molecule has 0 aliphatic carbocycles. The molecule has 0 bridgehead atoms. The summed E-state index contributed by atoms with van der Waals surface area (Å²) in [6, 6.07) is 0. The van der Waals surface area contributed by atoms with Gasteiger partial charge >= 0.3 is 0 Å². The van der Waals surface area contributed by atoms with E-state index in [9.17, 15) is 9.59 Å². The first-order valence-electron chi connectivity index (χ1n) is 15.0. The molecule has 0 aromatic rings. The predicted molar refractivity (Wildman–Crippen MR) is 150 cm³/mol. The first kappa shape index (κ1) is 32.9. The Balaban J connectivity index is 4.03. The van der Waals surface area contributed by atoms with Crippen molar-refractivity contribution in [3.05, 3.63) is 0 Å². The van der Waals surface area contributed by atoms with Crippen molar-refractivity contribution in [2.45, 2.75) is 167 Å². The summed E-state index contributed by atoms with van der Waals surface area (Å²) < 4.78 is 0.373. The molecule has 0 unspecified atom stereocenters. The van der Waals surface area contributed by atoms with Gasteiger partial charge in [0.15, 0.2) is 0 Å². The molecular weight excluding hydrogens is 419 g/mol. The Morgan fingerprint density at radius 1 is 0.576 bits per heavy atom. The highest BCUT2D eigenvalue weighted by molar-refractivity contribution is 7.06. The largest absolute Gasteiger partial charge is 0.355 e. The molecule has 0 aliphatic rings. The Hall–Kier alpha value is -0.128. The molecule has 0 fully saturated rings. The maximum Gasteiger partial charge on any atom is 0.221 e. The Kier molecular flexibility index (Phi) is 21.1. The molecule has 0 spiro atoms. The van der Waals surface area contributed by atoms with E-state index in [1.807, 2.05) is 0 Å². The van der Waals surface area contributed by atoms with Crippen molar-refractivity contribution in [1.29, 1.82) is 0 Å². The molecule has 0 aliphatic heterocycles. The van der Waals surface area contributed by atoms with Crippen LogP contribution in [0.2, 0.25) is 15.8 Å². The van der Waals surface area contributed by atoms with Gasteiger partial charge in [0, 0.05) is 6.42 Å². The molecule has 0 N–H and O–H groups in total. The summed E-state index contributed by atoms with van der Waals surface area (Å²) in [5.74, 6) is 1.18. The molecule has 0 aromatic heterocycles. The fourth-order valence-electron chi connectivity index (χ4n) is 6.11. The lowest BCUT2D eigenvalue weighted by atomic mass is 10.0. The van der Waals surface area contributed by atoms with Gasteiger partial charge in [0.25, 0.3) is 0 Å². The number of hydrogen-bond acceptors (Lipinski definition) is 2. The van der Waals surface area contributed by atoms with Crippen LogP contribution in [0, 0.1) is 11.8 Å². The van der Waals surface area contributed by atoms with Crippen molar-refractivity contribution in [2.24, 2.45) is 11.8 Å². The highest BCUT2D eigenvalue weighted by Crippen LogP contribution is 2.33. The third-order valence-corrected chi connectivity index (χ3v) is 14.3. The second-order valence-electron chi connectivity index (χ2n) is 12.2. The number of unbranched alkanes of at least 4 members (excludes halogenated alkanes) is 15. The van der Waals surface area contributed by atoms with Crippen LogP contribution in [0.1, 0.15) is 151 Å². The number of hydrogen-bond donors (Lipinski definition) is 0. The maximum atomic E-state index is 13.2. The lowest BCUT2D eigenvalue weighted by Crippen LogP contribution is -2.47. The molecule has 33 heavy (non-hydrogen) atoms. The summed E-state index contributed by atoms with van der Waals surface area (Å²) in [6.45, 7) is 12.9. The van der Waals surface area contributed by atoms with E-state index in [1.54, 1.807) is 6.92 Å². The SMILES string of the molecule is CCCCCCCCCCCCCCCCC[CH2][Al-]([CH2]C(C)C)([CH2]C(C)C)[C](=O)CC(C)=O. The lowest BCUT2D eigenvalue weighted by Gasteiger charge is -2.38. The van der Waals surface area contributed by atoms with Crippen molar-refractivity contribution in [3.63, 3.8) is 0 Å². The highest BCUT2D eigenvalue weighted by Gasteiger charge is 2.37. The van der Waals surface area contributed by atoms with E-state index in [0.717, 1.165) is 15.8 Å². The number of carbonyl (C=O) groups excluding carboxylic acids is 2. The van der Waals surface area contributed by atoms with Gasteiger partial charge < -0.3 is 4.79 Å². The number of Topliss-reactive ketones (excluding diaryl/α,β-unsaturated/α-hetero) is 1. The minimum Gasteiger partial charge on any atom is -0.355 e. The molecule has 0 saturated heterocycles. The van der Waals surface area contributed by atoms with Crippen LogP contribution in [0.3, 0.4) is 0 Å². The Morgan fingerprint density at radius 3 is 1.21 bits per heavy atom. The topological polar surface area (TPSA) is 34.1 Å². The van der Waals surface area contributed by atoms with E-state index < -0.39 is 13.1 Å². The molecule has 196 valence electrons. The zero-order chi connectivity index (χ0) is 25.0. The average Bonchev–Trinajstić information content (AvgIpc) is 2.71. The van der Waals surface area contributed by atoms with Crippen LogP contribution in [-0.4, -0.2) is 23.5 Å². The zero-order valence-corrected chi connectivity index (χ0v) is 24.8. The number of rotatable bonds is 24. The van der Waals surface area contributed by atoms with Gasteiger partial charge in [-0.25, -0.2) is 0 Å². The Labute approximate surface area is 211 Å². The maximum absolute atomic E-state index is 13.2. The van der Waals surface area contributed by atoms with Gasteiger partial charge in [-0.2, -0.15) is 15.8 Å². The first-order valence-corrected chi connectivity index (χ1v) is 18.0. The third-order valence-electron chi connectivity index (χ3n) is 7.56. The van der Waals surface area contributed by atoms with Crippen molar-refractivity contribution >= 4 is 23.5 Å². The van der Waals surface area contributed by atoms with Crippen molar-refractivity contribution in [1.82, 2.24) is 0 Å². The fraction of sp³-hybridized carbons (Fsp3) is 0.933. The molecule has 0 radical (unpaired) electrons. The second kappa shape index (κ2) is 21.2. The van der Waals surface area contributed by atoms with Crippen molar-refractivity contribution in [3.8, 4) is 0 Å². The zero-order valence-electron chi connectivity index (χ0n) is 23.7. The van der Waals surface area contributed by atoms with Gasteiger partial charge in [0.2, 0.25) is 13.1 Å². The predicted octanol–water partition coefficient (Wildman–Crippen LogP) is 10.1. The molecular formula is C30H60AlO2-. The van der Waals surface area contributed by atoms with Crippen LogP contribution in [0.5, 0.6) is 0 Å². The smallest absolute Gasteiger partial charge is 0.221 e. The van der Waals surface area contributed by atoms with Gasteiger partial charge in [-0.15, -0.1) is 0 Å². The van der Waals surface area contributed by atoms with Crippen LogP contribution in [0.4, 0.5) is 0 Å². The molecule has 0 saturated carbocycles. The average molecular weight is 480 g/mol. The monoisotopic (exact) mass is 479 g/mol. The van der Waals surface area contributed by atoms with E-state index in [2.05, 4.69) is 34.6 Å². The number of ketones is 1. The number of carbonyl (C=O) groups is 2. The van der Waals surface area contributed by atoms with Gasteiger partial charge in [0.1, 0.15) is 5.78 Å². The Morgan fingerprint density at radius 2 is 0.909 bits per heavy atom. The molecule has 3 heteroatoms. The summed E-state index contributed by atoms with van der Waals surface area (Å²) in [5, 5.41) is 3.32.